The van der Waals surface area contributed by atoms with Gasteiger partial charge in [0.1, 0.15) is 0 Å². The van der Waals surface area contributed by atoms with Crippen LogP contribution in [0.25, 0.3) is 0 Å². The van der Waals surface area contributed by atoms with E-state index in [0.717, 1.165) is 0 Å². The lowest BCUT2D eigenvalue weighted by molar-refractivity contribution is -0.149. The molecule has 5 nitrogen and oxygen atoms in total. The minimum absolute atomic E-state index is 0.0655. The lowest BCUT2D eigenvalue weighted by Gasteiger charge is -2.18. The SMILES string of the molecule is CCOC(=O)C(F)[C@@H](N)c1cccc(OC)c1O. The van der Waals surface area contributed by atoms with E-state index in [0.29, 0.717) is 0 Å². The van der Waals surface area contributed by atoms with Gasteiger partial charge in [-0.05, 0) is 13.0 Å². The molecule has 3 N–H and O–H groups in total. The average Bonchev–Trinajstić information content (AvgIpc) is 2.37. The van der Waals surface area contributed by atoms with Crippen LogP contribution in [-0.4, -0.2) is 31.0 Å². The van der Waals surface area contributed by atoms with Crippen molar-refractivity contribution < 1.29 is 23.8 Å². The molecule has 100 valence electrons. The first kappa shape index (κ1) is 14.2. The molecule has 0 heterocycles. The first-order chi connectivity index (χ1) is 8.52. The summed E-state index contributed by atoms with van der Waals surface area (Å²) in [4.78, 5) is 11.2. The molecule has 0 aliphatic rings. The zero-order valence-electron chi connectivity index (χ0n) is 10.2. The summed E-state index contributed by atoms with van der Waals surface area (Å²) in [6, 6.07) is 3.17. The Morgan fingerprint density at radius 1 is 1.56 bits per heavy atom. The predicted molar refractivity (Wildman–Crippen MR) is 63.1 cm³/mol. The van der Waals surface area contributed by atoms with Crippen molar-refractivity contribution in [2.75, 3.05) is 13.7 Å². The van der Waals surface area contributed by atoms with Crippen LogP contribution >= 0.6 is 0 Å². The fourth-order valence-corrected chi connectivity index (χ4v) is 1.50. The zero-order chi connectivity index (χ0) is 13.7. The summed E-state index contributed by atoms with van der Waals surface area (Å²) in [7, 11) is 1.36. The van der Waals surface area contributed by atoms with E-state index < -0.39 is 18.2 Å². The lowest BCUT2D eigenvalue weighted by Crippen LogP contribution is -2.31. The molecule has 0 saturated carbocycles. The van der Waals surface area contributed by atoms with Crippen LogP contribution in [0.1, 0.15) is 18.5 Å². The largest absolute Gasteiger partial charge is 0.504 e. The number of hydrogen-bond acceptors (Lipinski definition) is 5. The van der Waals surface area contributed by atoms with Crippen molar-refractivity contribution in [3.05, 3.63) is 23.8 Å². The number of benzene rings is 1. The van der Waals surface area contributed by atoms with Gasteiger partial charge in [0, 0.05) is 5.56 Å². The van der Waals surface area contributed by atoms with Crippen LogP contribution in [0.2, 0.25) is 0 Å². The molecule has 2 atom stereocenters. The molecule has 1 unspecified atom stereocenters. The van der Waals surface area contributed by atoms with E-state index in [1.54, 1.807) is 13.0 Å². The number of phenolic OH excluding ortho intramolecular Hbond substituents is 1. The topological polar surface area (TPSA) is 81.8 Å². The Balaban J connectivity index is 2.96. The maximum atomic E-state index is 13.7. The Kier molecular flexibility index (Phi) is 4.91. The van der Waals surface area contributed by atoms with Crippen LogP contribution in [0, 0.1) is 0 Å². The Hall–Kier alpha value is -1.82. The highest BCUT2D eigenvalue weighted by molar-refractivity contribution is 5.76. The molecule has 0 saturated heterocycles. The average molecular weight is 257 g/mol. The van der Waals surface area contributed by atoms with Crippen molar-refractivity contribution in [3.8, 4) is 11.5 Å². The number of esters is 1. The van der Waals surface area contributed by atoms with Crippen molar-refractivity contribution in [2.24, 2.45) is 5.73 Å². The summed E-state index contributed by atoms with van der Waals surface area (Å²) >= 11 is 0. The number of carbonyl (C=O) groups excluding carboxylic acids is 1. The van der Waals surface area contributed by atoms with Crippen LogP contribution in [0.4, 0.5) is 4.39 Å². The Morgan fingerprint density at radius 3 is 2.78 bits per heavy atom. The second-order valence-electron chi connectivity index (χ2n) is 3.58. The van der Waals surface area contributed by atoms with Gasteiger partial charge in [-0.2, -0.15) is 0 Å². The third-order valence-electron chi connectivity index (χ3n) is 2.44. The van der Waals surface area contributed by atoms with Gasteiger partial charge in [-0.1, -0.05) is 12.1 Å². The molecule has 1 aromatic carbocycles. The Bertz CT molecular complexity index is 425. The Labute approximate surface area is 104 Å². The fraction of sp³-hybridized carbons (Fsp3) is 0.417. The molecule has 0 radical (unpaired) electrons. The molecule has 6 heteroatoms. The second-order valence-corrected chi connectivity index (χ2v) is 3.58. The highest BCUT2D eigenvalue weighted by Gasteiger charge is 2.30. The van der Waals surface area contributed by atoms with E-state index in [-0.39, 0.29) is 23.7 Å². The maximum Gasteiger partial charge on any atom is 0.342 e. The van der Waals surface area contributed by atoms with Gasteiger partial charge in [0.25, 0.3) is 0 Å². The minimum Gasteiger partial charge on any atom is -0.504 e. The first-order valence-corrected chi connectivity index (χ1v) is 5.45. The number of alkyl halides is 1. The molecule has 0 aliphatic carbocycles. The molecule has 0 spiro atoms. The van der Waals surface area contributed by atoms with Crippen LogP contribution < -0.4 is 10.5 Å². The number of hydrogen-bond donors (Lipinski definition) is 2. The van der Waals surface area contributed by atoms with Crippen molar-refractivity contribution in [2.45, 2.75) is 19.1 Å². The standard InChI is InChI=1S/C12H16FNO4/c1-3-18-12(16)9(13)10(14)7-5-4-6-8(17-2)11(7)15/h4-6,9-10,15H,3,14H2,1-2H3/t9?,10-/m0/s1. The Morgan fingerprint density at radius 2 is 2.22 bits per heavy atom. The van der Waals surface area contributed by atoms with E-state index in [4.69, 9.17) is 10.5 Å². The van der Waals surface area contributed by atoms with Crippen molar-refractivity contribution >= 4 is 5.97 Å². The quantitative estimate of drug-likeness (QED) is 0.777. The van der Waals surface area contributed by atoms with E-state index in [1.807, 2.05) is 0 Å². The van der Waals surface area contributed by atoms with Crippen molar-refractivity contribution in [3.63, 3.8) is 0 Å². The number of para-hydroxylation sites is 1. The van der Waals surface area contributed by atoms with Crippen LogP contribution in [-0.2, 0) is 9.53 Å². The number of phenols is 1. The highest BCUT2D eigenvalue weighted by Crippen LogP contribution is 2.34. The number of aromatic hydroxyl groups is 1. The number of methoxy groups -OCH3 is 1. The molecule has 0 aromatic heterocycles. The number of nitrogens with two attached hydrogens (primary N) is 1. The number of carbonyl (C=O) groups is 1. The first-order valence-electron chi connectivity index (χ1n) is 5.45. The van der Waals surface area contributed by atoms with Gasteiger partial charge in [0.15, 0.2) is 11.5 Å². The van der Waals surface area contributed by atoms with Gasteiger partial charge in [-0.15, -0.1) is 0 Å². The second kappa shape index (κ2) is 6.20. The molecule has 0 fully saturated rings. The van der Waals surface area contributed by atoms with Crippen LogP contribution in [0.15, 0.2) is 18.2 Å². The predicted octanol–water partition coefficient (Wildman–Crippen LogP) is 1.30. The third-order valence-corrected chi connectivity index (χ3v) is 2.44. The molecular weight excluding hydrogens is 241 g/mol. The summed E-state index contributed by atoms with van der Waals surface area (Å²) in [5, 5.41) is 9.80. The van der Waals surface area contributed by atoms with Gasteiger partial charge in [0.05, 0.1) is 19.8 Å². The van der Waals surface area contributed by atoms with Gasteiger partial charge in [-0.25, -0.2) is 9.18 Å². The summed E-state index contributed by atoms with van der Waals surface area (Å²) in [6.07, 6.45) is -2.04. The molecule has 1 aromatic rings. The molecule has 0 amide bonds. The van der Waals surface area contributed by atoms with Crippen molar-refractivity contribution in [1.29, 1.82) is 0 Å². The maximum absolute atomic E-state index is 13.7. The van der Waals surface area contributed by atoms with E-state index in [1.165, 1.54) is 19.2 Å². The number of ether oxygens (including phenoxy) is 2. The van der Waals surface area contributed by atoms with E-state index in [2.05, 4.69) is 4.74 Å². The third kappa shape index (κ3) is 2.89. The summed E-state index contributed by atoms with van der Waals surface area (Å²) in [6.45, 7) is 1.63. The summed E-state index contributed by atoms with van der Waals surface area (Å²) < 4.78 is 23.1. The van der Waals surface area contributed by atoms with Gasteiger partial charge in [0.2, 0.25) is 6.17 Å². The van der Waals surface area contributed by atoms with Crippen LogP contribution in [0.3, 0.4) is 0 Å². The molecule has 0 aliphatic heterocycles. The van der Waals surface area contributed by atoms with Crippen molar-refractivity contribution in [1.82, 2.24) is 0 Å². The fourth-order valence-electron chi connectivity index (χ4n) is 1.50. The molecule has 1 rings (SSSR count). The minimum atomic E-state index is -2.04. The van der Waals surface area contributed by atoms with E-state index >= 15 is 0 Å². The molecule has 18 heavy (non-hydrogen) atoms. The van der Waals surface area contributed by atoms with Crippen LogP contribution in [0.5, 0.6) is 11.5 Å². The van der Waals surface area contributed by atoms with E-state index in [9.17, 15) is 14.3 Å². The molecular formula is C12H16FNO4. The molecule has 0 bridgehead atoms. The van der Waals surface area contributed by atoms with Gasteiger partial charge in [-0.3, -0.25) is 0 Å². The van der Waals surface area contributed by atoms with Gasteiger partial charge >= 0.3 is 5.97 Å². The lowest BCUT2D eigenvalue weighted by atomic mass is 10.0. The smallest absolute Gasteiger partial charge is 0.342 e. The monoisotopic (exact) mass is 257 g/mol. The number of rotatable bonds is 5. The highest BCUT2D eigenvalue weighted by atomic mass is 19.1. The zero-order valence-corrected chi connectivity index (χ0v) is 10.2. The summed E-state index contributed by atoms with van der Waals surface area (Å²) in [5.41, 5.74) is 5.70. The normalized spacial score (nSPS) is 13.8. The number of halogens is 1. The summed E-state index contributed by atoms with van der Waals surface area (Å²) in [5.74, 6) is -1.16. The van der Waals surface area contributed by atoms with Gasteiger partial charge < -0.3 is 20.3 Å².